The molecule has 6 heteroatoms. The summed E-state index contributed by atoms with van der Waals surface area (Å²) in [6, 6.07) is 11.6. The fraction of sp³-hybridized carbons (Fsp3) is 0.682. The Hall–Kier alpha value is -1.63. The lowest BCUT2D eigenvalue weighted by Gasteiger charge is -2.40. The summed E-state index contributed by atoms with van der Waals surface area (Å²) in [4.78, 5) is 19.8. The standard InChI is InChI=1S/C22H34N4O2/c27-22(26-11-8-21(9-12-26)25-13-15-28-16-14-25)23-20-7-4-10-24(18-20)17-19-5-2-1-3-6-19/h1-3,5-6,20-21H,4,7-18H2,(H,23,27)/t20-/m1/s1. The van der Waals surface area contributed by atoms with E-state index in [9.17, 15) is 4.79 Å². The zero-order valence-electron chi connectivity index (χ0n) is 16.9. The predicted molar refractivity (Wildman–Crippen MR) is 110 cm³/mol. The van der Waals surface area contributed by atoms with Gasteiger partial charge in [0.05, 0.1) is 13.2 Å². The molecule has 0 spiro atoms. The molecule has 3 heterocycles. The summed E-state index contributed by atoms with van der Waals surface area (Å²) in [6.07, 6.45) is 4.40. The molecule has 0 unspecified atom stereocenters. The summed E-state index contributed by atoms with van der Waals surface area (Å²) in [5.41, 5.74) is 1.35. The SMILES string of the molecule is O=C(N[C@@H]1CCCN(Cc2ccccc2)C1)N1CCC(N2CCOCC2)CC1. The molecule has 3 fully saturated rings. The number of morpholine rings is 1. The molecule has 3 aliphatic rings. The molecule has 4 rings (SSSR count). The van der Waals surface area contributed by atoms with Gasteiger partial charge in [0.1, 0.15) is 0 Å². The maximum absolute atomic E-state index is 12.8. The van der Waals surface area contributed by atoms with E-state index in [2.05, 4.69) is 45.4 Å². The number of hydrogen-bond donors (Lipinski definition) is 1. The van der Waals surface area contributed by atoms with Crippen LogP contribution in [0, 0.1) is 0 Å². The molecule has 1 atom stereocenters. The highest BCUT2D eigenvalue weighted by molar-refractivity contribution is 5.74. The predicted octanol–water partition coefficient (Wildman–Crippen LogP) is 2.16. The van der Waals surface area contributed by atoms with Crippen molar-refractivity contribution in [2.45, 2.75) is 44.3 Å². The average molecular weight is 387 g/mol. The number of piperidine rings is 2. The van der Waals surface area contributed by atoms with E-state index >= 15 is 0 Å². The molecule has 1 N–H and O–H groups in total. The van der Waals surface area contributed by atoms with Gasteiger partial charge in [-0.15, -0.1) is 0 Å². The Bertz CT molecular complexity index is 612. The van der Waals surface area contributed by atoms with Crippen LogP contribution in [0.4, 0.5) is 4.79 Å². The zero-order valence-corrected chi connectivity index (χ0v) is 16.9. The molecule has 1 aromatic carbocycles. The minimum Gasteiger partial charge on any atom is -0.379 e. The van der Waals surface area contributed by atoms with Gasteiger partial charge in [-0.3, -0.25) is 9.80 Å². The fourth-order valence-corrected chi connectivity index (χ4v) is 4.80. The summed E-state index contributed by atoms with van der Waals surface area (Å²) in [6.45, 7) is 8.55. The Morgan fingerprint density at radius 3 is 2.50 bits per heavy atom. The maximum atomic E-state index is 12.8. The van der Waals surface area contributed by atoms with Crippen LogP contribution in [0.3, 0.4) is 0 Å². The van der Waals surface area contributed by atoms with Crippen LogP contribution in [0.1, 0.15) is 31.2 Å². The van der Waals surface area contributed by atoms with Gasteiger partial charge >= 0.3 is 6.03 Å². The number of rotatable bonds is 4. The van der Waals surface area contributed by atoms with Gasteiger partial charge in [0, 0.05) is 51.4 Å². The summed E-state index contributed by atoms with van der Waals surface area (Å²) in [5, 5.41) is 3.31. The highest BCUT2D eigenvalue weighted by Gasteiger charge is 2.29. The molecule has 6 nitrogen and oxygen atoms in total. The molecule has 3 aliphatic heterocycles. The number of carbonyl (C=O) groups excluding carboxylic acids is 1. The molecule has 0 saturated carbocycles. The van der Waals surface area contributed by atoms with Crippen LogP contribution in [-0.4, -0.2) is 85.3 Å². The number of nitrogens with zero attached hydrogens (tertiary/aromatic N) is 3. The average Bonchev–Trinajstić information content (AvgIpc) is 2.75. The van der Waals surface area contributed by atoms with Gasteiger partial charge in [0.25, 0.3) is 0 Å². The molecule has 0 radical (unpaired) electrons. The summed E-state index contributed by atoms with van der Waals surface area (Å²) >= 11 is 0. The highest BCUT2D eigenvalue weighted by Crippen LogP contribution is 2.19. The number of carbonyl (C=O) groups is 1. The quantitative estimate of drug-likeness (QED) is 0.862. The van der Waals surface area contributed by atoms with Gasteiger partial charge in [-0.25, -0.2) is 4.79 Å². The topological polar surface area (TPSA) is 48.1 Å². The van der Waals surface area contributed by atoms with Gasteiger partial charge in [0.2, 0.25) is 0 Å². The van der Waals surface area contributed by atoms with Crippen molar-refractivity contribution in [3.63, 3.8) is 0 Å². The van der Waals surface area contributed by atoms with Crippen LogP contribution in [-0.2, 0) is 11.3 Å². The number of urea groups is 1. The Labute approximate surface area is 168 Å². The van der Waals surface area contributed by atoms with Gasteiger partial charge in [-0.05, 0) is 37.8 Å². The number of likely N-dealkylation sites (tertiary alicyclic amines) is 2. The molecular weight excluding hydrogens is 352 g/mol. The number of ether oxygens (including phenoxy) is 1. The third-order valence-electron chi connectivity index (χ3n) is 6.40. The molecule has 1 aromatic rings. The van der Waals surface area contributed by atoms with Crippen molar-refractivity contribution in [2.75, 3.05) is 52.5 Å². The third kappa shape index (κ3) is 5.25. The van der Waals surface area contributed by atoms with Crippen LogP contribution < -0.4 is 5.32 Å². The van der Waals surface area contributed by atoms with Gasteiger partial charge in [-0.1, -0.05) is 30.3 Å². The van der Waals surface area contributed by atoms with Crippen LogP contribution in [0.25, 0.3) is 0 Å². The van der Waals surface area contributed by atoms with E-state index in [1.807, 2.05) is 4.90 Å². The minimum atomic E-state index is 0.131. The zero-order chi connectivity index (χ0) is 19.2. The van der Waals surface area contributed by atoms with Crippen molar-refractivity contribution in [1.82, 2.24) is 20.0 Å². The van der Waals surface area contributed by atoms with Crippen LogP contribution in [0.15, 0.2) is 30.3 Å². The maximum Gasteiger partial charge on any atom is 0.317 e. The van der Waals surface area contributed by atoms with E-state index in [1.54, 1.807) is 0 Å². The normalized spacial score (nSPS) is 25.6. The minimum absolute atomic E-state index is 0.131. The van der Waals surface area contributed by atoms with E-state index < -0.39 is 0 Å². The van der Waals surface area contributed by atoms with Crippen molar-refractivity contribution in [3.8, 4) is 0 Å². The first-order valence-electron chi connectivity index (χ1n) is 10.9. The first-order valence-corrected chi connectivity index (χ1v) is 10.9. The van der Waals surface area contributed by atoms with Crippen LogP contribution in [0.5, 0.6) is 0 Å². The van der Waals surface area contributed by atoms with Gasteiger partial charge < -0.3 is 15.0 Å². The second kappa shape index (κ2) is 9.72. The lowest BCUT2D eigenvalue weighted by atomic mass is 10.0. The highest BCUT2D eigenvalue weighted by atomic mass is 16.5. The second-order valence-corrected chi connectivity index (χ2v) is 8.38. The second-order valence-electron chi connectivity index (χ2n) is 8.38. The Morgan fingerprint density at radius 1 is 1.00 bits per heavy atom. The molecule has 0 aliphatic carbocycles. The van der Waals surface area contributed by atoms with E-state index in [1.165, 1.54) is 5.56 Å². The van der Waals surface area contributed by atoms with Crippen LogP contribution >= 0.6 is 0 Å². The third-order valence-corrected chi connectivity index (χ3v) is 6.40. The van der Waals surface area contributed by atoms with E-state index in [0.717, 1.165) is 84.7 Å². The fourth-order valence-electron chi connectivity index (χ4n) is 4.80. The van der Waals surface area contributed by atoms with Crippen LogP contribution in [0.2, 0.25) is 0 Å². The smallest absolute Gasteiger partial charge is 0.317 e. The van der Waals surface area contributed by atoms with Gasteiger partial charge in [-0.2, -0.15) is 0 Å². The van der Waals surface area contributed by atoms with Crippen molar-refractivity contribution in [1.29, 1.82) is 0 Å². The molecule has 2 amide bonds. The van der Waals surface area contributed by atoms with E-state index in [-0.39, 0.29) is 12.1 Å². The first kappa shape index (κ1) is 19.7. The number of benzene rings is 1. The largest absolute Gasteiger partial charge is 0.379 e. The first-order chi connectivity index (χ1) is 13.8. The Balaban J connectivity index is 1.21. The number of hydrogen-bond acceptors (Lipinski definition) is 4. The summed E-state index contributed by atoms with van der Waals surface area (Å²) in [5.74, 6) is 0. The van der Waals surface area contributed by atoms with E-state index in [0.29, 0.717) is 6.04 Å². The van der Waals surface area contributed by atoms with Crippen molar-refractivity contribution >= 4 is 6.03 Å². The molecule has 28 heavy (non-hydrogen) atoms. The monoisotopic (exact) mass is 386 g/mol. The molecular formula is C22H34N4O2. The summed E-state index contributed by atoms with van der Waals surface area (Å²) in [7, 11) is 0. The van der Waals surface area contributed by atoms with Crippen molar-refractivity contribution in [3.05, 3.63) is 35.9 Å². The number of amides is 2. The van der Waals surface area contributed by atoms with E-state index in [4.69, 9.17) is 4.74 Å². The lowest BCUT2D eigenvalue weighted by Crippen LogP contribution is -2.55. The van der Waals surface area contributed by atoms with Crippen molar-refractivity contribution < 1.29 is 9.53 Å². The Morgan fingerprint density at radius 2 is 1.75 bits per heavy atom. The summed E-state index contributed by atoms with van der Waals surface area (Å²) < 4.78 is 5.46. The molecule has 3 saturated heterocycles. The van der Waals surface area contributed by atoms with Gasteiger partial charge in [0.15, 0.2) is 0 Å². The molecule has 154 valence electrons. The molecule has 0 bridgehead atoms. The number of nitrogens with one attached hydrogen (secondary N) is 1. The molecule has 0 aromatic heterocycles. The lowest BCUT2D eigenvalue weighted by molar-refractivity contribution is 0.00364. The Kier molecular flexibility index (Phi) is 6.83. The van der Waals surface area contributed by atoms with Crippen molar-refractivity contribution in [2.24, 2.45) is 0 Å².